The van der Waals surface area contributed by atoms with Crippen molar-refractivity contribution in [1.29, 1.82) is 0 Å². The molecule has 1 amide bonds. The lowest BCUT2D eigenvalue weighted by Gasteiger charge is -2.14. The minimum absolute atomic E-state index is 0.0121. The van der Waals surface area contributed by atoms with Gasteiger partial charge in [-0.3, -0.25) is 4.79 Å². The third-order valence-electron chi connectivity index (χ3n) is 3.28. The first kappa shape index (κ1) is 22.8. The van der Waals surface area contributed by atoms with Crippen molar-refractivity contribution in [3.63, 3.8) is 0 Å². The fourth-order valence-electron chi connectivity index (χ4n) is 2.18. The number of hydrogen-bond donors (Lipinski definition) is 4. The maximum Gasteiger partial charge on any atom is 0.394 e. The summed E-state index contributed by atoms with van der Waals surface area (Å²) in [7, 11) is -4.00. The van der Waals surface area contributed by atoms with Gasteiger partial charge in [0.05, 0.1) is 10.0 Å². The van der Waals surface area contributed by atoms with Gasteiger partial charge in [-0.1, -0.05) is 23.2 Å². The normalized spacial score (nSPS) is 11.3. The van der Waals surface area contributed by atoms with Crippen LogP contribution in [-0.4, -0.2) is 36.5 Å². The summed E-state index contributed by atoms with van der Waals surface area (Å²) in [6.07, 6.45) is 0. The molecule has 0 bridgehead atoms. The Morgan fingerprint density at radius 2 is 1.69 bits per heavy atom. The van der Waals surface area contributed by atoms with Crippen molar-refractivity contribution in [1.82, 2.24) is 4.72 Å². The maximum absolute atomic E-state index is 12.3. The number of anilines is 1. The van der Waals surface area contributed by atoms with Crippen LogP contribution in [0.25, 0.3) is 0 Å². The number of rotatable bonds is 6. The standard InChI is InChI=1S/C17H16Cl2N2O7S/c1-8(2)21-29(26,27)14-7-10(3-4-13(14)22)28-15-11(18)5-9(6-12(15)19)20-16(23)17(24)25/h3-8,21-22H,1-2H3,(H,20,23)(H,24,25). The number of phenolic OH excluding ortho intramolecular Hbond substituents is 1. The summed E-state index contributed by atoms with van der Waals surface area (Å²) < 4.78 is 32.6. The average Bonchev–Trinajstić information content (AvgIpc) is 2.58. The summed E-state index contributed by atoms with van der Waals surface area (Å²) >= 11 is 12.2. The molecule has 0 unspecified atom stereocenters. The molecule has 0 saturated carbocycles. The number of hydrogen-bond acceptors (Lipinski definition) is 6. The number of carbonyl (C=O) groups is 2. The van der Waals surface area contributed by atoms with E-state index < -0.39 is 38.6 Å². The third kappa shape index (κ3) is 5.73. The Morgan fingerprint density at radius 1 is 1.10 bits per heavy atom. The number of carboxylic acid groups (broad SMARTS) is 1. The van der Waals surface area contributed by atoms with Gasteiger partial charge in [0.1, 0.15) is 16.4 Å². The molecule has 0 aliphatic carbocycles. The predicted octanol–water partition coefficient (Wildman–Crippen LogP) is 3.20. The van der Waals surface area contributed by atoms with Crippen LogP contribution in [0.15, 0.2) is 35.2 Å². The second kappa shape index (κ2) is 8.87. The number of carboxylic acids is 1. The molecule has 0 aromatic heterocycles. The van der Waals surface area contributed by atoms with Crippen LogP contribution in [0.4, 0.5) is 5.69 Å². The summed E-state index contributed by atoms with van der Waals surface area (Å²) in [5.74, 6) is -3.50. The Labute approximate surface area is 176 Å². The van der Waals surface area contributed by atoms with E-state index in [0.717, 1.165) is 12.1 Å². The van der Waals surface area contributed by atoms with Crippen molar-refractivity contribution in [2.75, 3.05) is 5.32 Å². The summed E-state index contributed by atoms with van der Waals surface area (Å²) in [6.45, 7) is 3.25. The van der Waals surface area contributed by atoms with Crippen LogP contribution in [0, 0.1) is 0 Å². The first-order valence-electron chi connectivity index (χ1n) is 7.97. The molecule has 9 nitrogen and oxygen atoms in total. The van der Waals surface area contributed by atoms with Crippen molar-refractivity contribution in [2.45, 2.75) is 24.8 Å². The van der Waals surface area contributed by atoms with Crippen LogP contribution in [0.2, 0.25) is 10.0 Å². The van der Waals surface area contributed by atoms with E-state index in [0.29, 0.717) is 0 Å². The Balaban J connectivity index is 2.36. The molecule has 0 radical (unpaired) electrons. The lowest BCUT2D eigenvalue weighted by atomic mass is 10.2. The number of halogens is 2. The van der Waals surface area contributed by atoms with E-state index in [1.165, 1.54) is 18.2 Å². The highest BCUT2D eigenvalue weighted by atomic mass is 35.5. The van der Waals surface area contributed by atoms with E-state index in [1.54, 1.807) is 13.8 Å². The fraction of sp³-hybridized carbons (Fsp3) is 0.176. The van der Waals surface area contributed by atoms with E-state index in [1.807, 2.05) is 0 Å². The van der Waals surface area contributed by atoms with Gasteiger partial charge in [0.2, 0.25) is 10.0 Å². The van der Waals surface area contributed by atoms with E-state index in [4.69, 9.17) is 33.0 Å². The number of carbonyl (C=O) groups excluding carboxylic acids is 1. The summed E-state index contributed by atoms with van der Waals surface area (Å²) in [4.78, 5) is 21.4. The number of aromatic hydroxyl groups is 1. The molecule has 2 rings (SSSR count). The summed E-state index contributed by atoms with van der Waals surface area (Å²) in [5.41, 5.74) is 0.0230. The lowest BCUT2D eigenvalue weighted by Crippen LogP contribution is -2.30. The van der Waals surface area contributed by atoms with Gasteiger partial charge in [-0.05, 0) is 38.1 Å². The number of phenols is 1. The summed E-state index contributed by atoms with van der Waals surface area (Å²) in [6, 6.07) is 5.54. The van der Waals surface area contributed by atoms with Gasteiger partial charge in [-0.25, -0.2) is 17.9 Å². The first-order valence-corrected chi connectivity index (χ1v) is 10.2. The first-order chi connectivity index (χ1) is 13.4. The zero-order chi connectivity index (χ0) is 21.9. The Bertz CT molecular complexity index is 1050. The van der Waals surface area contributed by atoms with E-state index in [-0.39, 0.29) is 27.2 Å². The molecule has 156 valence electrons. The van der Waals surface area contributed by atoms with Gasteiger partial charge < -0.3 is 20.3 Å². The van der Waals surface area contributed by atoms with E-state index >= 15 is 0 Å². The number of sulfonamides is 1. The van der Waals surface area contributed by atoms with E-state index in [9.17, 15) is 23.1 Å². The quantitative estimate of drug-likeness (QED) is 0.482. The van der Waals surface area contributed by atoms with Crippen molar-refractivity contribution in [3.05, 3.63) is 40.4 Å². The number of aliphatic carboxylic acids is 1. The maximum atomic E-state index is 12.3. The molecule has 0 atom stereocenters. The number of nitrogens with one attached hydrogen (secondary N) is 2. The van der Waals surface area contributed by atoms with Crippen molar-refractivity contribution in [3.8, 4) is 17.2 Å². The molecule has 2 aromatic carbocycles. The van der Waals surface area contributed by atoms with Gasteiger partial charge in [-0.2, -0.15) is 0 Å². The topological polar surface area (TPSA) is 142 Å². The molecule has 0 saturated heterocycles. The van der Waals surface area contributed by atoms with Crippen LogP contribution >= 0.6 is 23.2 Å². The van der Waals surface area contributed by atoms with Crippen LogP contribution in [0.3, 0.4) is 0 Å². The van der Waals surface area contributed by atoms with Gasteiger partial charge in [-0.15, -0.1) is 0 Å². The molecule has 0 heterocycles. The Hall–Kier alpha value is -2.53. The monoisotopic (exact) mass is 462 g/mol. The minimum atomic E-state index is -4.00. The Kier molecular flexibility index (Phi) is 6.96. The van der Waals surface area contributed by atoms with Crippen molar-refractivity contribution >= 4 is 50.8 Å². The highest BCUT2D eigenvalue weighted by Gasteiger charge is 2.22. The molecule has 0 aliphatic rings. The average molecular weight is 463 g/mol. The highest BCUT2D eigenvalue weighted by molar-refractivity contribution is 7.89. The molecule has 0 fully saturated rings. The second-order valence-electron chi connectivity index (χ2n) is 6.04. The number of ether oxygens (including phenoxy) is 1. The van der Waals surface area contributed by atoms with Gasteiger partial charge >= 0.3 is 11.9 Å². The fourth-order valence-corrected chi connectivity index (χ4v) is 4.11. The minimum Gasteiger partial charge on any atom is -0.507 e. The molecule has 29 heavy (non-hydrogen) atoms. The van der Waals surface area contributed by atoms with Crippen LogP contribution in [0.1, 0.15) is 13.8 Å². The lowest BCUT2D eigenvalue weighted by molar-refractivity contribution is -0.147. The second-order valence-corrected chi connectivity index (χ2v) is 8.53. The van der Waals surface area contributed by atoms with Crippen LogP contribution < -0.4 is 14.8 Å². The molecule has 12 heteroatoms. The molecule has 4 N–H and O–H groups in total. The Morgan fingerprint density at radius 3 is 2.21 bits per heavy atom. The zero-order valence-corrected chi connectivity index (χ0v) is 17.4. The SMILES string of the molecule is CC(C)NS(=O)(=O)c1cc(Oc2c(Cl)cc(NC(=O)C(=O)O)cc2Cl)ccc1O. The van der Waals surface area contributed by atoms with Crippen LogP contribution in [0.5, 0.6) is 17.2 Å². The van der Waals surface area contributed by atoms with Gasteiger partial charge in [0.25, 0.3) is 0 Å². The largest absolute Gasteiger partial charge is 0.507 e. The predicted molar refractivity (Wildman–Crippen MR) is 106 cm³/mol. The number of benzene rings is 2. The molecule has 0 aliphatic heterocycles. The molecular weight excluding hydrogens is 447 g/mol. The summed E-state index contributed by atoms with van der Waals surface area (Å²) in [5, 5.41) is 20.5. The highest BCUT2D eigenvalue weighted by Crippen LogP contribution is 2.40. The molecular formula is C17H16Cl2N2O7S. The number of amides is 1. The molecule has 2 aromatic rings. The zero-order valence-electron chi connectivity index (χ0n) is 15.1. The third-order valence-corrected chi connectivity index (χ3v) is 5.53. The smallest absolute Gasteiger partial charge is 0.394 e. The van der Waals surface area contributed by atoms with E-state index in [2.05, 4.69) is 10.0 Å². The van der Waals surface area contributed by atoms with Gasteiger partial charge in [0.15, 0.2) is 5.75 Å². The molecule has 0 spiro atoms. The van der Waals surface area contributed by atoms with Crippen molar-refractivity contribution in [2.24, 2.45) is 0 Å². The van der Waals surface area contributed by atoms with Crippen molar-refractivity contribution < 1.29 is 33.0 Å². The van der Waals surface area contributed by atoms with Gasteiger partial charge in [0, 0.05) is 17.8 Å². The van der Waals surface area contributed by atoms with Crippen LogP contribution in [-0.2, 0) is 19.6 Å².